The third kappa shape index (κ3) is 7.59. The van der Waals surface area contributed by atoms with E-state index in [0.29, 0.717) is 44.6 Å². The molecule has 1 aliphatic rings. The lowest BCUT2D eigenvalue weighted by Gasteiger charge is -2.15. The Morgan fingerprint density at radius 1 is 1.07 bits per heavy atom. The Labute approximate surface area is 249 Å². The summed E-state index contributed by atoms with van der Waals surface area (Å²) in [7, 11) is 0. The number of benzene rings is 3. The standard InChI is InChI=1S/C29H26BrClN2O6S/c1-3-37-24-14-19(13-22(30)27(24)39-17-26(34)32-20-10-9-18(2)23(31)16-20)15-25-28(35)33(29(36)40-25)11-12-38-21-7-5-4-6-8-21/h4-10,13-16H,3,11-12,17H2,1-2H3,(H,32,34)/b25-15-. The highest BCUT2D eigenvalue weighted by atomic mass is 79.9. The molecule has 3 amide bonds. The molecule has 1 heterocycles. The number of hydrogen-bond donors (Lipinski definition) is 1. The summed E-state index contributed by atoms with van der Waals surface area (Å²) in [5, 5.41) is 2.93. The lowest BCUT2D eigenvalue weighted by molar-refractivity contribution is -0.123. The van der Waals surface area contributed by atoms with Crippen molar-refractivity contribution in [3.05, 3.63) is 86.2 Å². The lowest BCUT2D eigenvalue weighted by Crippen LogP contribution is -2.32. The van der Waals surface area contributed by atoms with Gasteiger partial charge in [-0.25, -0.2) is 0 Å². The molecule has 1 N–H and O–H groups in total. The number of halogens is 2. The van der Waals surface area contributed by atoms with Crippen molar-refractivity contribution < 1.29 is 28.6 Å². The minimum Gasteiger partial charge on any atom is -0.492 e. The van der Waals surface area contributed by atoms with E-state index < -0.39 is 5.91 Å². The van der Waals surface area contributed by atoms with Crippen molar-refractivity contribution >= 4 is 68.1 Å². The third-order valence-corrected chi connectivity index (χ3v) is 7.54. The first kappa shape index (κ1) is 29.5. The van der Waals surface area contributed by atoms with Gasteiger partial charge in [0.2, 0.25) is 0 Å². The minimum absolute atomic E-state index is 0.133. The van der Waals surface area contributed by atoms with Gasteiger partial charge < -0.3 is 19.5 Å². The quantitative estimate of drug-likeness (QED) is 0.226. The Hall–Kier alpha value is -3.47. The van der Waals surface area contributed by atoms with Crippen molar-refractivity contribution in [3.63, 3.8) is 0 Å². The Bertz CT molecular complexity index is 1450. The minimum atomic E-state index is -0.394. The van der Waals surface area contributed by atoms with E-state index in [0.717, 1.165) is 22.2 Å². The van der Waals surface area contributed by atoms with E-state index in [1.165, 1.54) is 0 Å². The Kier molecular flexibility index (Phi) is 10.1. The molecule has 0 aliphatic carbocycles. The highest BCUT2D eigenvalue weighted by Crippen LogP contribution is 2.39. The second-order valence-electron chi connectivity index (χ2n) is 8.56. The van der Waals surface area contributed by atoms with E-state index in [-0.39, 0.29) is 35.8 Å². The van der Waals surface area contributed by atoms with E-state index in [1.807, 2.05) is 38.1 Å². The predicted molar refractivity (Wildman–Crippen MR) is 160 cm³/mol. The molecule has 0 bridgehead atoms. The average Bonchev–Trinajstić information content (AvgIpc) is 3.18. The maximum Gasteiger partial charge on any atom is 0.293 e. The van der Waals surface area contributed by atoms with Gasteiger partial charge in [-0.3, -0.25) is 19.3 Å². The molecule has 3 aromatic rings. The fourth-order valence-corrected chi connectivity index (χ4v) is 5.32. The number of para-hydroxylation sites is 1. The highest BCUT2D eigenvalue weighted by molar-refractivity contribution is 9.10. The largest absolute Gasteiger partial charge is 0.492 e. The summed E-state index contributed by atoms with van der Waals surface area (Å²) in [5.74, 6) is 0.613. The number of aryl methyl sites for hydroxylation is 1. The number of thioether (sulfide) groups is 1. The number of hydrogen-bond acceptors (Lipinski definition) is 7. The molecule has 208 valence electrons. The summed E-state index contributed by atoms with van der Waals surface area (Å²) in [5.41, 5.74) is 2.08. The van der Waals surface area contributed by atoms with Crippen LogP contribution in [0.1, 0.15) is 18.1 Å². The number of nitrogens with one attached hydrogen (secondary N) is 1. The molecule has 1 fully saturated rings. The zero-order valence-corrected chi connectivity index (χ0v) is 24.9. The molecular formula is C29H26BrClN2O6S. The number of amides is 3. The van der Waals surface area contributed by atoms with Crippen LogP contribution in [-0.4, -0.2) is 48.3 Å². The molecule has 0 atom stereocenters. The van der Waals surface area contributed by atoms with Crippen LogP contribution >= 0.6 is 39.3 Å². The van der Waals surface area contributed by atoms with Crippen LogP contribution in [0.3, 0.4) is 0 Å². The normalized spacial score (nSPS) is 14.0. The first-order valence-corrected chi connectivity index (χ1v) is 14.3. The zero-order chi connectivity index (χ0) is 28.6. The summed E-state index contributed by atoms with van der Waals surface area (Å²) in [6.07, 6.45) is 1.62. The van der Waals surface area contributed by atoms with Crippen molar-refractivity contribution in [1.82, 2.24) is 4.90 Å². The van der Waals surface area contributed by atoms with E-state index in [2.05, 4.69) is 21.2 Å². The first-order valence-electron chi connectivity index (χ1n) is 12.3. The van der Waals surface area contributed by atoms with Gasteiger partial charge in [0.15, 0.2) is 18.1 Å². The molecule has 3 aromatic carbocycles. The van der Waals surface area contributed by atoms with Crippen LogP contribution in [-0.2, 0) is 9.59 Å². The van der Waals surface area contributed by atoms with Crippen LogP contribution < -0.4 is 19.5 Å². The molecule has 0 radical (unpaired) electrons. The fraction of sp³-hybridized carbons (Fsp3) is 0.207. The monoisotopic (exact) mass is 644 g/mol. The summed E-state index contributed by atoms with van der Waals surface area (Å²) in [6, 6.07) is 17.8. The third-order valence-electron chi connectivity index (χ3n) is 5.63. The summed E-state index contributed by atoms with van der Waals surface area (Å²) in [6.45, 7) is 4.09. The predicted octanol–water partition coefficient (Wildman–Crippen LogP) is 6.94. The molecule has 40 heavy (non-hydrogen) atoms. The summed E-state index contributed by atoms with van der Waals surface area (Å²) >= 11 is 10.5. The Morgan fingerprint density at radius 2 is 1.85 bits per heavy atom. The molecule has 0 spiro atoms. The van der Waals surface area contributed by atoms with E-state index in [9.17, 15) is 14.4 Å². The first-order chi connectivity index (χ1) is 19.2. The molecular weight excluding hydrogens is 620 g/mol. The van der Waals surface area contributed by atoms with Crippen molar-refractivity contribution in [1.29, 1.82) is 0 Å². The molecule has 4 rings (SSSR count). The Morgan fingerprint density at radius 3 is 2.58 bits per heavy atom. The van der Waals surface area contributed by atoms with Gasteiger partial charge >= 0.3 is 0 Å². The number of nitrogens with zero attached hydrogens (tertiary/aromatic N) is 1. The fourth-order valence-electron chi connectivity index (χ4n) is 3.70. The number of carbonyl (C=O) groups is 3. The molecule has 11 heteroatoms. The highest BCUT2D eigenvalue weighted by Gasteiger charge is 2.35. The number of carbonyl (C=O) groups excluding carboxylic acids is 3. The summed E-state index contributed by atoms with van der Waals surface area (Å²) < 4.78 is 17.7. The second kappa shape index (κ2) is 13.7. The van der Waals surface area contributed by atoms with Crippen molar-refractivity contribution in [2.45, 2.75) is 13.8 Å². The van der Waals surface area contributed by atoms with Crippen molar-refractivity contribution in [3.8, 4) is 17.2 Å². The van der Waals surface area contributed by atoms with Crippen LogP contribution in [0.5, 0.6) is 17.2 Å². The van der Waals surface area contributed by atoms with Crippen LogP contribution in [0.15, 0.2) is 70.0 Å². The second-order valence-corrected chi connectivity index (χ2v) is 10.8. The molecule has 1 saturated heterocycles. The van der Waals surface area contributed by atoms with Crippen molar-refractivity contribution in [2.75, 3.05) is 31.7 Å². The van der Waals surface area contributed by atoms with Crippen LogP contribution in [0.25, 0.3) is 6.08 Å². The molecule has 8 nitrogen and oxygen atoms in total. The van der Waals surface area contributed by atoms with E-state index in [1.54, 1.807) is 42.5 Å². The van der Waals surface area contributed by atoms with Crippen LogP contribution in [0.4, 0.5) is 10.5 Å². The van der Waals surface area contributed by atoms with Crippen LogP contribution in [0, 0.1) is 6.92 Å². The van der Waals surface area contributed by atoms with Gasteiger partial charge in [0.25, 0.3) is 17.1 Å². The molecule has 0 unspecified atom stereocenters. The Balaban J connectivity index is 1.42. The van der Waals surface area contributed by atoms with Gasteiger partial charge in [0.05, 0.1) is 22.5 Å². The molecule has 1 aliphatic heterocycles. The number of anilines is 1. The topological polar surface area (TPSA) is 94.2 Å². The van der Waals surface area contributed by atoms with Gasteiger partial charge in [-0.2, -0.15) is 0 Å². The number of ether oxygens (including phenoxy) is 3. The summed E-state index contributed by atoms with van der Waals surface area (Å²) in [4.78, 5) is 39.4. The average molecular weight is 646 g/mol. The SMILES string of the molecule is CCOc1cc(/C=C2\SC(=O)N(CCOc3ccccc3)C2=O)cc(Br)c1OCC(=O)Nc1ccc(C)c(Cl)c1. The van der Waals surface area contributed by atoms with Crippen LogP contribution in [0.2, 0.25) is 5.02 Å². The lowest BCUT2D eigenvalue weighted by atomic mass is 10.2. The smallest absolute Gasteiger partial charge is 0.293 e. The molecule has 0 saturated carbocycles. The zero-order valence-electron chi connectivity index (χ0n) is 21.7. The van der Waals surface area contributed by atoms with E-state index in [4.69, 9.17) is 25.8 Å². The van der Waals surface area contributed by atoms with E-state index >= 15 is 0 Å². The van der Waals surface area contributed by atoms with Crippen molar-refractivity contribution in [2.24, 2.45) is 0 Å². The van der Waals surface area contributed by atoms with Gasteiger partial charge in [0, 0.05) is 10.7 Å². The van der Waals surface area contributed by atoms with Gasteiger partial charge in [0.1, 0.15) is 12.4 Å². The number of rotatable bonds is 11. The maximum absolute atomic E-state index is 12.9. The number of imide groups is 1. The maximum atomic E-state index is 12.9. The van der Waals surface area contributed by atoms with Gasteiger partial charge in [-0.15, -0.1) is 0 Å². The van der Waals surface area contributed by atoms with Gasteiger partial charge in [-0.1, -0.05) is 35.9 Å². The molecule has 0 aromatic heterocycles. The van der Waals surface area contributed by atoms with Gasteiger partial charge in [-0.05, 0) is 95.1 Å².